The second kappa shape index (κ2) is 13.2. The van der Waals surface area contributed by atoms with Crippen LogP contribution in [0.15, 0.2) is 78.9 Å². The number of nitrogens with zero attached hydrogens (tertiary/aromatic N) is 4. The number of halogens is 1. The second-order valence-corrected chi connectivity index (χ2v) is 10.9. The molecule has 3 aromatic carbocycles. The van der Waals surface area contributed by atoms with Crippen molar-refractivity contribution in [2.45, 2.75) is 25.8 Å². The van der Waals surface area contributed by atoms with E-state index in [2.05, 4.69) is 80.7 Å². The van der Waals surface area contributed by atoms with Crippen LogP contribution in [-0.2, 0) is 11.2 Å². The van der Waals surface area contributed by atoms with Gasteiger partial charge in [-0.3, -0.25) is 4.79 Å². The number of carbonyl (C=O) groups excluding carboxylic acids is 1. The molecule has 0 spiro atoms. The zero-order valence-electron chi connectivity index (χ0n) is 22.9. The van der Waals surface area contributed by atoms with Crippen LogP contribution >= 0.6 is 11.6 Å². The summed E-state index contributed by atoms with van der Waals surface area (Å²) in [7, 11) is 0. The second-order valence-electron chi connectivity index (χ2n) is 10.5. The van der Waals surface area contributed by atoms with Crippen LogP contribution in [0.2, 0.25) is 5.02 Å². The molecule has 1 atom stereocenters. The maximum atomic E-state index is 13.2. The Morgan fingerprint density at radius 3 is 1.97 bits per heavy atom. The summed E-state index contributed by atoms with van der Waals surface area (Å²) in [6.07, 6.45) is 2.09. The number of hydrogen-bond acceptors (Lipinski definition) is 5. The molecule has 3 heterocycles. The standard InChI is InChI=1S/C22H26ClN3O.C10H14N2/c1-17(26-11-5-6-18-16-19(23)9-10-21(18)26)22(27)25-14-12-24(13-15-25)20-7-3-2-4-8-20;1-2-4-10(5-3-1)12-8-6-11-7-9-12/h2-4,7-10,16-17H,5-6,11-15H2,1H3;1-5,11H,6-9H2/t17-;/m1./s1. The average molecular weight is 546 g/mol. The van der Waals surface area contributed by atoms with Gasteiger partial charge in [-0.25, -0.2) is 0 Å². The average Bonchev–Trinajstić information content (AvgIpc) is 3.01. The number of amides is 1. The fourth-order valence-electron chi connectivity index (χ4n) is 5.78. The van der Waals surface area contributed by atoms with Crippen molar-refractivity contribution in [2.75, 3.05) is 73.6 Å². The lowest BCUT2D eigenvalue weighted by atomic mass is 10.00. The Morgan fingerprint density at radius 2 is 1.36 bits per heavy atom. The van der Waals surface area contributed by atoms with Crippen LogP contribution in [0, 0.1) is 0 Å². The third-order valence-corrected chi connectivity index (χ3v) is 8.21. The van der Waals surface area contributed by atoms with E-state index in [-0.39, 0.29) is 11.9 Å². The number of benzene rings is 3. The molecule has 2 saturated heterocycles. The normalized spacial score (nSPS) is 18.1. The molecule has 2 fully saturated rings. The van der Waals surface area contributed by atoms with Crippen molar-refractivity contribution in [3.8, 4) is 0 Å². The van der Waals surface area contributed by atoms with Crippen LogP contribution in [0.25, 0.3) is 0 Å². The van der Waals surface area contributed by atoms with Crippen molar-refractivity contribution in [3.05, 3.63) is 89.4 Å². The van der Waals surface area contributed by atoms with E-state index >= 15 is 0 Å². The first-order valence-electron chi connectivity index (χ1n) is 14.2. The van der Waals surface area contributed by atoms with Crippen molar-refractivity contribution in [3.63, 3.8) is 0 Å². The summed E-state index contributed by atoms with van der Waals surface area (Å²) in [5, 5.41) is 4.11. The fourth-order valence-corrected chi connectivity index (χ4v) is 5.98. The summed E-state index contributed by atoms with van der Waals surface area (Å²) in [5.41, 5.74) is 5.00. The monoisotopic (exact) mass is 545 g/mol. The fraction of sp³-hybridized carbons (Fsp3) is 0.406. The Bertz CT molecular complexity index is 1190. The Kier molecular flexibility index (Phi) is 9.27. The SMILES string of the molecule is C[C@H](C(=O)N1CCN(c2ccccc2)CC1)N1CCCc2cc(Cl)ccc21.c1ccc(N2CCNCC2)cc1. The lowest BCUT2D eigenvalue weighted by Crippen LogP contribution is -2.55. The van der Waals surface area contributed by atoms with E-state index in [9.17, 15) is 4.79 Å². The van der Waals surface area contributed by atoms with Crippen molar-refractivity contribution >= 4 is 34.6 Å². The summed E-state index contributed by atoms with van der Waals surface area (Å²) < 4.78 is 0. The molecule has 6 rings (SSSR count). The molecule has 0 unspecified atom stereocenters. The number of para-hydroxylation sites is 2. The summed E-state index contributed by atoms with van der Waals surface area (Å²) >= 11 is 6.15. The van der Waals surface area contributed by atoms with Crippen LogP contribution in [0.5, 0.6) is 0 Å². The molecular weight excluding hydrogens is 506 g/mol. The lowest BCUT2D eigenvalue weighted by molar-refractivity contribution is -0.132. The molecule has 7 heteroatoms. The summed E-state index contributed by atoms with van der Waals surface area (Å²) in [5.74, 6) is 0.227. The Labute approximate surface area is 238 Å². The third kappa shape index (κ3) is 6.87. The molecule has 3 aromatic rings. The first-order valence-corrected chi connectivity index (χ1v) is 14.6. The topological polar surface area (TPSA) is 42.1 Å². The van der Waals surface area contributed by atoms with Gasteiger partial charge >= 0.3 is 0 Å². The van der Waals surface area contributed by atoms with Crippen LogP contribution < -0.4 is 20.0 Å². The number of carbonyl (C=O) groups is 1. The molecule has 0 radical (unpaired) electrons. The highest BCUT2D eigenvalue weighted by Gasteiger charge is 2.31. The molecule has 1 N–H and O–H groups in total. The predicted molar refractivity (Wildman–Crippen MR) is 163 cm³/mol. The van der Waals surface area contributed by atoms with Gasteiger partial charge in [0.15, 0.2) is 0 Å². The van der Waals surface area contributed by atoms with Crippen LogP contribution in [0.4, 0.5) is 17.1 Å². The predicted octanol–water partition coefficient (Wildman–Crippen LogP) is 4.93. The molecule has 6 nitrogen and oxygen atoms in total. The van der Waals surface area contributed by atoms with Gasteiger partial charge in [-0.05, 0) is 67.8 Å². The molecular formula is C32H40ClN5O. The van der Waals surface area contributed by atoms with E-state index in [0.717, 1.165) is 82.5 Å². The minimum Gasteiger partial charge on any atom is -0.369 e. The summed E-state index contributed by atoms with van der Waals surface area (Å²) in [6.45, 7) is 10.8. The maximum Gasteiger partial charge on any atom is 0.245 e. The summed E-state index contributed by atoms with van der Waals surface area (Å²) in [6, 6.07) is 26.9. The van der Waals surface area contributed by atoms with Crippen molar-refractivity contribution in [1.29, 1.82) is 0 Å². The van der Waals surface area contributed by atoms with Crippen molar-refractivity contribution < 1.29 is 4.79 Å². The van der Waals surface area contributed by atoms with E-state index in [4.69, 9.17) is 11.6 Å². The smallest absolute Gasteiger partial charge is 0.245 e. The Hall–Kier alpha value is -3.22. The quantitative estimate of drug-likeness (QED) is 0.504. The van der Waals surface area contributed by atoms with Crippen molar-refractivity contribution in [1.82, 2.24) is 10.2 Å². The number of piperazine rings is 2. The molecule has 39 heavy (non-hydrogen) atoms. The lowest BCUT2D eigenvalue weighted by Gasteiger charge is -2.41. The van der Waals surface area contributed by atoms with Gasteiger partial charge in [-0.15, -0.1) is 0 Å². The van der Waals surface area contributed by atoms with E-state index < -0.39 is 0 Å². The highest BCUT2D eigenvalue weighted by molar-refractivity contribution is 6.30. The molecule has 0 aliphatic carbocycles. The van der Waals surface area contributed by atoms with E-state index in [0.29, 0.717) is 0 Å². The highest BCUT2D eigenvalue weighted by Crippen LogP contribution is 2.31. The number of rotatable bonds is 4. The van der Waals surface area contributed by atoms with Gasteiger partial charge in [0.05, 0.1) is 0 Å². The van der Waals surface area contributed by atoms with Crippen LogP contribution in [-0.4, -0.2) is 75.8 Å². The van der Waals surface area contributed by atoms with Gasteiger partial charge in [0, 0.05) is 81.0 Å². The highest BCUT2D eigenvalue weighted by atomic mass is 35.5. The number of fused-ring (bicyclic) bond motifs is 1. The zero-order valence-corrected chi connectivity index (χ0v) is 23.7. The van der Waals surface area contributed by atoms with Gasteiger partial charge in [0.2, 0.25) is 5.91 Å². The van der Waals surface area contributed by atoms with Crippen molar-refractivity contribution in [2.24, 2.45) is 0 Å². The van der Waals surface area contributed by atoms with E-state index in [1.54, 1.807) is 0 Å². The largest absolute Gasteiger partial charge is 0.369 e. The van der Waals surface area contributed by atoms with Crippen LogP contribution in [0.3, 0.4) is 0 Å². The van der Waals surface area contributed by atoms with Crippen LogP contribution in [0.1, 0.15) is 18.9 Å². The minimum absolute atomic E-state index is 0.145. The molecule has 1 amide bonds. The first kappa shape index (κ1) is 27.4. The molecule has 3 aliphatic heterocycles. The summed E-state index contributed by atoms with van der Waals surface area (Å²) in [4.78, 5) is 22.2. The zero-order chi connectivity index (χ0) is 27.0. The van der Waals surface area contributed by atoms with Gasteiger partial charge < -0.3 is 24.9 Å². The molecule has 0 aromatic heterocycles. The molecule has 0 saturated carbocycles. The third-order valence-electron chi connectivity index (χ3n) is 7.97. The number of anilines is 3. The Balaban J connectivity index is 0.000000214. The maximum absolute atomic E-state index is 13.2. The minimum atomic E-state index is -0.145. The first-order chi connectivity index (χ1) is 19.1. The van der Waals surface area contributed by atoms with Gasteiger partial charge in [0.1, 0.15) is 6.04 Å². The number of aryl methyl sites for hydroxylation is 1. The van der Waals surface area contributed by atoms with Gasteiger partial charge in [0.25, 0.3) is 0 Å². The number of hydrogen-bond donors (Lipinski definition) is 1. The van der Waals surface area contributed by atoms with Gasteiger partial charge in [-0.2, -0.15) is 0 Å². The molecule has 3 aliphatic rings. The van der Waals surface area contributed by atoms with E-state index in [1.807, 2.05) is 30.0 Å². The number of nitrogens with one attached hydrogen (secondary N) is 1. The Morgan fingerprint density at radius 1 is 0.769 bits per heavy atom. The molecule has 0 bridgehead atoms. The van der Waals surface area contributed by atoms with Gasteiger partial charge in [-0.1, -0.05) is 48.0 Å². The van der Waals surface area contributed by atoms with E-state index in [1.165, 1.54) is 16.9 Å². The molecule has 206 valence electrons.